The van der Waals surface area contributed by atoms with Crippen molar-refractivity contribution in [3.05, 3.63) is 0 Å². The first-order valence-corrected chi connectivity index (χ1v) is 6.65. The number of hydrogen-bond donors (Lipinski definition) is 1. The van der Waals surface area contributed by atoms with Crippen molar-refractivity contribution in [2.24, 2.45) is 5.73 Å². The predicted octanol–water partition coefficient (Wildman–Crippen LogP) is 4.98. The molecule has 0 fully saturated rings. The summed E-state index contributed by atoms with van der Waals surface area (Å²) in [5.41, 5.74) is -3.81. The van der Waals surface area contributed by atoms with Gasteiger partial charge in [0, 0.05) is 0 Å². The monoisotopic (exact) mass is 545 g/mol. The van der Waals surface area contributed by atoms with Crippen LogP contribution in [0.4, 0.5) is 83.4 Å². The molecule has 1 atom stereocenters. The van der Waals surface area contributed by atoms with Gasteiger partial charge in [0.05, 0.1) is 0 Å². The standard InChI is InChI=1S/C10H2F19NO3/c11-3(12,7(20,21)22)9(26,27)33-4(13,8(23,24)25)10(28,29)32-2(1(30)31,5(14,15)16)6(17,18)19/h(H2,30,31). The van der Waals surface area contributed by atoms with Crippen LogP contribution in [0.5, 0.6) is 0 Å². The average Bonchev–Trinajstić information content (AvgIpc) is 2.46. The summed E-state index contributed by atoms with van der Waals surface area (Å²) in [4.78, 5) is 10.6. The fraction of sp³-hybridized carbons (Fsp3) is 0.900. The molecule has 0 spiro atoms. The number of hydrogen-bond acceptors (Lipinski definition) is 3. The van der Waals surface area contributed by atoms with Gasteiger partial charge in [0.2, 0.25) is 0 Å². The molecule has 23 heteroatoms. The number of rotatable bonds is 7. The summed E-state index contributed by atoms with van der Waals surface area (Å²) >= 11 is 0. The normalized spacial score (nSPS) is 17.7. The number of amides is 1. The lowest BCUT2D eigenvalue weighted by atomic mass is 10.0. The molecule has 0 radical (unpaired) electrons. The van der Waals surface area contributed by atoms with E-state index in [-0.39, 0.29) is 0 Å². The lowest BCUT2D eigenvalue weighted by molar-refractivity contribution is -0.550. The van der Waals surface area contributed by atoms with Gasteiger partial charge in [0.15, 0.2) is 0 Å². The molecule has 0 saturated carbocycles. The number of ether oxygens (including phenoxy) is 2. The molecule has 33 heavy (non-hydrogen) atoms. The van der Waals surface area contributed by atoms with E-state index in [1.165, 1.54) is 4.74 Å². The molecule has 0 rings (SSSR count). The molecule has 0 saturated heterocycles. The van der Waals surface area contributed by atoms with Crippen LogP contribution >= 0.6 is 0 Å². The highest BCUT2D eigenvalue weighted by molar-refractivity contribution is 5.85. The fourth-order valence-electron chi connectivity index (χ4n) is 1.55. The molecule has 0 heterocycles. The molecule has 4 nitrogen and oxygen atoms in total. The second-order valence-electron chi connectivity index (χ2n) is 5.44. The Bertz CT molecular complexity index is 716. The molecular weight excluding hydrogens is 543 g/mol. The van der Waals surface area contributed by atoms with Gasteiger partial charge in [-0.2, -0.15) is 83.4 Å². The lowest BCUT2D eigenvalue weighted by Gasteiger charge is -2.42. The largest absolute Gasteiger partial charge is 0.462 e. The maximum Gasteiger partial charge on any atom is 0.462 e. The molecule has 0 aromatic carbocycles. The summed E-state index contributed by atoms with van der Waals surface area (Å²) in [5.74, 6) is -20.6. The van der Waals surface area contributed by atoms with Crippen LogP contribution in [0.1, 0.15) is 0 Å². The lowest BCUT2D eigenvalue weighted by Crippen LogP contribution is -2.73. The van der Waals surface area contributed by atoms with E-state index < -0.39 is 60.2 Å². The third-order valence-electron chi connectivity index (χ3n) is 3.16. The third-order valence-corrected chi connectivity index (χ3v) is 3.16. The Morgan fingerprint density at radius 1 is 0.485 bits per heavy atom. The van der Waals surface area contributed by atoms with Crippen molar-refractivity contribution in [2.45, 2.75) is 54.3 Å². The van der Waals surface area contributed by atoms with Crippen molar-refractivity contribution in [1.29, 1.82) is 0 Å². The maximum absolute atomic E-state index is 13.8. The number of primary amides is 1. The van der Waals surface area contributed by atoms with Crippen molar-refractivity contribution >= 4 is 5.91 Å². The van der Waals surface area contributed by atoms with Crippen LogP contribution in [0.25, 0.3) is 0 Å². The average molecular weight is 545 g/mol. The molecule has 0 aromatic rings. The SMILES string of the molecule is NC(=O)C(OC(F)(F)C(F)(OC(F)(F)C(F)(F)C(F)(F)F)C(F)(F)F)(C(F)(F)F)C(F)(F)F. The van der Waals surface area contributed by atoms with Gasteiger partial charge in [-0.05, 0) is 0 Å². The molecule has 1 unspecified atom stereocenters. The summed E-state index contributed by atoms with van der Waals surface area (Å²) < 4.78 is 244. The van der Waals surface area contributed by atoms with E-state index >= 15 is 0 Å². The minimum atomic E-state index is -8.32. The maximum atomic E-state index is 13.8. The Morgan fingerprint density at radius 2 is 0.818 bits per heavy atom. The molecule has 1 amide bonds. The second kappa shape index (κ2) is 7.80. The van der Waals surface area contributed by atoms with Crippen molar-refractivity contribution in [3.8, 4) is 0 Å². The van der Waals surface area contributed by atoms with Gasteiger partial charge < -0.3 is 5.73 Å². The van der Waals surface area contributed by atoms with Crippen molar-refractivity contribution in [2.75, 3.05) is 0 Å². The minimum Gasteiger partial charge on any atom is -0.367 e. The van der Waals surface area contributed by atoms with Crippen LogP contribution in [0.3, 0.4) is 0 Å². The van der Waals surface area contributed by atoms with E-state index in [0.717, 1.165) is 4.74 Å². The smallest absolute Gasteiger partial charge is 0.367 e. The van der Waals surface area contributed by atoms with Crippen LogP contribution in [0.15, 0.2) is 0 Å². The van der Waals surface area contributed by atoms with Crippen LogP contribution in [-0.4, -0.2) is 60.2 Å². The van der Waals surface area contributed by atoms with E-state index in [1.54, 1.807) is 0 Å². The van der Waals surface area contributed by atoms with Crippen molar-refractivity contribution in [3.63, 3.8) is 0 Å². The predicted molar refractivity (Wildman–Crippen MR) is 57.0 cm³/mol. The van der Waals surface area contributed by atoms with Gasteiger partial charge >= 0.3 is 54.3 Å². The summed E-state index contributed by atoms with van der Waals surface area (Å²) in [6.45, 7) is 0. The molecule has 0 aliphatic rings. The number of alkyl halides is 19. The Labute approximate surface area is 165 Å². The highest BCUT2D eigenvalue weighted by Crippen LogP contribution is 2.58. The fourth-order valence-corrected chi connectivity index (χ4v) is 1.55. The van der Waals surface area contributed by atoms with Crippen molar-refractivity contribution in [1.82, 2.24) is 0 Å². The number of carbonyl (C=O) groups excluding carboxylic acids is 1. The Kier molecular flexibility index (Phi) is 7.34. The number of nitrogens with two attached hydrogens (primary N) is 1. The summed E-state index contributed by atoms with van der Waals surface area (Å²) in [7, 11) is 0. The molecular formula is C10H2F19NO3. The van der Waals surface area contributed by atoms with E-state index in [9.17, 15) is 88.2 Å². The van der Waals surface area contributed by atoms with Gasteiger partial charge in [0.25, 0.3) is 5.91 Å². The Hall–Kier alpha value is -1.94. The van der Waals surface area contributed by atoms with Gasteiger partial charge in [-0.15, -0.1) is 0 Å². The molecule has 2 N–H and O–H groups in total. The molecule has 0 aliphatic carbocycles. The highest BCUT2D eigenvalue weighted by Gasteiger charge is 2.87. The Balaban J connectivity index is 7.06. The van der Waals surface area contributed by atoms with Crippen LogP contribution < -0.4 is 5.73 Å². The first-order chi connectivity index (χ1) is 13.9. The molecule has 198 valence electrons. The zero-order chi connectivity index (χ0) is 27.5. The molecule has 0 aromatic heterocycles. The van der Waals surface area contributed by atoms with Gasteiger partial charge in [-0.25, -0.2) is 0 Å². The molecule has 0 aliphatic heterocycles. The van der Waals surface area contributed by atoms with Gasteiger partial charge in [-0.3, -0.25) is 14.3 Å². The highest BCUT2D eigenvalue weighted by atomic mass is 19.4. The van der Waals surface area contributed by atoms with E-state index in [0.29, 0.717) is 0 Å². The minimum absolute atomic E-state index is 1.14. The third kappa shape index (κ3) is 4.82. The van der Waals surface area contributed by atoms with Crippen LogP contribution in [0.2, 0.25) is 0 Å². The summed E-state index contributed by atoms with van der Waals surface area (Å²) in [6, 6.07) is 0. The van der Waals surface area contributed by atoms with Crippen molar-refractivity contribution < 1.29 is 97.7 Å². The second-order valence-corrected chi connectivity index (χ2v) is 5.44. The zero-order valence-corrected chi connectivity index (χ0v) is 14.0. The van der Waals surface area contributed by atoms with E-state index in [4.69, 9.17) is 0 Å². The number of carbonyl (C=O) groups is 1. The number of halogens is 19. The molecule has 0 bridgehead atoms. The van der Waals surface area contributed by atoms with Crippen LogP contribution in [-0.2, 0) is 14.3 Å². The zero-order valence-electron chi connectivity index (χ0n) is 14.0. The van der Waals surface area contributed by atoms with Gasteiger partial charge in [0.1, 0.15) is 0 Å². The first kappa shape index (κ1) is 31.1. The summed E-state index contributed by atoms with van der Waals surface area (Å²) in [6.07, 6.45) is -47.6. The van der Waals surface area contributed by atoms with Crippen LogP contribution in [0, 0.1) is 0 Å². The Morgan fingerprint density at radius 3 is 1.03 bits per heavy atom. The topological polar surface area (TPSA) is 61.6 Å². The quantitative estimate of drug-likeness (QED) is 0.460. The first-order valence-electron chi connectivity index (χ1n) is 6.65. The van der Waals surface area contributed by atoms with Gasteiger partial charge in [-0.1, -0.05) is 0 Å². The van der Waals surface area contributed by atoms with E-state index in [2.05, 4.69) is 5.73 Å². The summed E-state index contributed by atoms with van der Waals surface area (Å²) in [5, 5.41) is 0. The van der Waals surface area contributed by atoms with E-state index in [1.807, 2.05) is 0 Å².